The van der Waals surface area contributed by atoms with Crippen LogP contribution in [-0.4, -0.2) is 14.5 Å². The summed E-state index contributed by atoms with van der Waals surface area (Å²) in [7, 11) is -3.79. The molecule has 0 aromatic heterocycles. The third-order valence-corrected chi connectivity index (χ3v) is 6.68. The minimum atomic E-state index is -3.79. The molecule has 3 rings (SSSR count). The average Bonchev–Trinajstić information content (AvgIpc) is 2.69. The molecular weight excluding hydrogens is 406 g/mol. The number of rotatable bonds is 7. The highest BCUT2D eigenvalue weighted by atomic mass is 35.5. The summed E-state index contributed by atoms with van der Waals surface area (Å²) < 4.78 is 34.1. The Labute approximate surface area is 177 Å². The van der Waals surface area contributed by atoms with Gasteiger partial charge in [0.15, 0.2) is 0 Å². The Morgan fingerprint density at radius 1 is 0.966 bits per heavy atom. The lowest BCUT2D eigenvalue weighted by Gasteiger charge is -2.30. The van der Waals surface area contributed by atoms with Gasteiger partial charge in [-0.3, -0.25) is 4.31 Å². The van der Waals surface area contributed by atoms with Crippen LogP contribution < -0.4 is 9.04 Å². The Kier molecular flexibility index (Phi) is 6.50. The van der Waals surface area contributed by atoms with Crippen LogP contribution in [0.15, 0.2) is 77.7 Å². The molecule has 152 valence electrons. The molecule has 0 atom stereocenters. The largest absolute Gasteiger partial charge is 0.487 e. The molecule has 0 saturated heterocycles. The van der Waals surface area contributed by atoms with Gasteiger partial charge in [0.05, 0.1) is 10.6 Å². The summed E-state index contributed by atoms with van der Waals surface area (Å²) in [4.78, 5) is 0.221. The van der Waals surface area contributed by atoms with Crippen LogP contribution in [0.3, 0.4) is 0 Å². The summed E-state index contributed by atoms with van der Waals surface area (Å²) in [5.74, 6) is 0.461. The van der Waals surface area contributed by atoms with E-state index in [1.807, 2.05) is 45.0 Å². The normalized spacial score (nSPS) is 11.5. The van der Waals surface area contributed by atoms with Crippen LogP contribution in [0.2, 0.25) is 5.02 Å². The Bertz CT molecular complexity index is 1070. The van der Waals surface area contributed by atoms with Gasteiger partial charge in [0.25, 0.3) is 10.0 Å². The van der Waals surface area contributed by atoms with Crippen LogP contribution in [0.4, 0.5) is 5.69 Å². The highest BCUT2D eigenvalue weighted by Gasteiger charge is 2.30. The van der Waals surface area contributed by atoms with Gasteiger partial charge in [-0.25, -0.2) is 8.42 Å². The predicted octanol–water partition coefficient (Wildman–Crippen LogP) is 5.83. The Balaban J connectivity index is 2.00. The van der Waals surface area contributed by atoms with E-state index < -0.39 is 10.0 Å². The first-order valence-electron chi connectivity index (χ1n) is 9.36. The van der Waals surface area contributed by atoms with Gasteiger partial charge >= 0.3 is 0 Å². The van der Waals surface area contributed by atoms with Crippen LogP contribution >= 0.6 is 11.6 Å². The number of halogens is 1. The number of hydrogen-bond donors (Lipinski definition) is 0. The summed E-state index contributed by atoms with van der Waals surface area (Å²) in [6, 6.07) is 21.1. The van der Waals surface area contributed by atoms with E-state index in [4.69, 9.17) is 16.3 Å². The van der Waals surface area contributed by atoms with Gasteiger partial charge in [0.1, 0.15) is 12.4 Å². The molecule has 3 aromatic rings. The molecule has 0 heterocycles. The highest BCUT2D eigenvalue weighted by Crippen LogP contribution is 2.36. The second kappa shape index (κ2) is 8.89. The maximum Gasteiger partial charge on any atom is 0.264 e. The zero-order valence-electron chi connectivity index (χ0n) is 16.7. The van der Waals surface area contributed by atoms with Crippen molar-refractivity contribution < 1.29 is 13.2 Å². The second-order valence-corrected chi connectivity index (χ2v) is 9.35. The predicted molar refractivity (Wildman–Crippen MR) is 118 cm³/mol. The van der Waals surface area contributed by atoms with Gasteiger partial charge in [-0.05, 0) is 56.7 Å². The first-order chi connectivity index (χ1) is 13.8. The summed E-state index contributed by atoms with van der Waals surface area (Å²) in [5.41, 5.74) is 2.59. The minimum Gasteiger partial charge on any atom is -0.487 e. The fourth-order valence-electron chi connectivity index (χ4n) is 3.02. The molecule has 4 nitrogen and oxygen atoms in total. The maximum absolute atomic E-state index is 13.4. The zero-order valence-corrected chi connectivity index (χ0v) is 18.2. The van der Waals surface area contributed by atoms with E-state index in [-0.39, 0.29) is 10.9 Å². The van der Waals surface area contributed by atoms with Gasteiger partial charge in [0.2, 0.25) is 0 Å². The van der Waals surface area contributed by atoms with E-state index in [0.717, 1.165) is 5.56 Å². The standard InChI is InChI=1S/C23H24ClNO3S/c1-17(2)25(29(26,27)21-7-5-4-6-8-21)22-15-20(24)13-14-23(22)28-16-19-11-9-18(3)10-12-19/h4-15,17H,16H2,1-3H3. The molecule has 0 saturated carbocycles. The van der Waals surface area contributed by atoms with Crippen molar-refractivity contribution in [3.05, 3.63) is 88.9 Å². The zero-order chi connectivity index (χ0) is 21.0. The molecule has 3 aromatic carbocycles. The summed E-state index contributed by atoms with van der Waals surface area (Å²) in [6.45, 7) is 6.00. The summed E-state index contributed by atoms with van der Waals surface area (Å²) in [6.07, 6.45) is 0. The second-order valence-electron chi connectivity index (χ2n) is 7.09. The Morgan fingerprint density at radius 2 is 1.62 bits per heavy atom. The fraction of sp³-hybridized carbons (Fsp3) is 0.217. The molecule has 0 radical (unpaired) electrons. The number of benzene rings is 3. The van der Waals surface area contributed by atoms with Crippen LogP contribution in [0.25, 0.3) is 0 Å². The molecule has 0 amide bonds. The number of anilines is 1. The van der Waals surface area contributed by atoms with E-state index in [1.165, 1.54) is 9.87 Å². The highest BCUT2D eigenvalue weighted by molar-refractivity contribution is 7.92. The molecule has 0 N–H and O–H groups in total. The van der Waals surface area contributed by atoms with Gasteiger partial charge in [0, 0.05) is 11.1 Å². The van der Waals surface area contributed by atoms with Crippen molar-refractivity contribution in [2.24, 2.45) is 0 Å². The van der Waals surface area contributed by atoms with E-state index >= 15 is 0 Å². The lowest BCUT2D eigenvalue weighted by Crippen LogP contribution is -2.37. The summed E-state index contributed by atoms with van der Waals surface area (Å²) in [5, 5.41) is 0.441. The number of nitrogens with zero attached hydrogens (tertiary/aromatic N) is 1. The number of hydrogen-bond acceptors (Lipinski definition) is 3. The third kappa shape index (κ3) is 4.92. The van der Waals surface area contributed by atoms with E-state index in [0.29, 0.717) is 23.1 Å². The molecule has 0 bridgehead atoms. The third-order valence-electron chi connectivity index (χ3n) is 4.44. The number of aryl methyl sites for hydroxylation is 1. The topological polar surface area (TPSA) is 46.6 Å². The molecule has 0 fully saturated rings. The van der Waals surface area contributed by atoms with Gasteiger partial charge in [-0.15, -0.1) is 0 Å². The van der Waals surface area contributed by atoms with Crippen molar-refractivity contribution in [1.82, 2.24) is 0 Å². The van der Waals surface area contributed by atoms with E-state index in [9.17, 15) is 8.42 Å². The first-order valence-corrected chi connectivity index (χ1v) is 11.2. The first kappa shape index (κ1) is 21.2. The Hall–Kier alpha value is -2.50. The van der Waals surface area contributed by atoms with Crippen LogP contribution in [0.1, 0.15) is 25.0 Å². The van der Waals surface area contributed by atoms with Crippen molar-refractivity contribution in [1.29, 1.82) is 0 Å². The molecule has 6 heteroatoms. The molecule has 0 aliphatic heterocycles. The smallest absolute Gasteiger partial charge is 0.264 e. The van der Waals surface area contributed by atoms with Crippen molar-refractivity contribution in [2.45, 2.75) is 38.3 Å². The SMILES string of the molecule is Cc1ccc(COc2ccc(Cl)cc2N(C(C)C)S(=O)(=O)c2ccccc2)cc1. The van der Waals surface area contributed by atoms with Crippen LogP contribution in [-0.2, 0) is 16.6 Å². The molecule has 0 unspecified atom stereocenters. The van der Waals surface area contributed by atoms with Crippen molar-refractivity contribution in [3.8, 4) is 5.75 Å². The Morgan fingerprint density at radius 3 is 2.24 bits per heavy atom. The molecule has 0 spiro atoms. The molecule has 29 heavy (non-hydrogen) atoms. The molecule has 0 aliphatic rings. The van der Waals surface area contributed by atoms with Gasteiger partial charge in [-0.1, -0.05) is 59.6 Å². The lowest BCUT2D eigenvalue weighted by molar-refractivity contribution is 0.307. The number of sulfonamides is 1. The van der Waals surface area contributed by atoms with Crippen molar-refractivity contribution in [2.75, 3.05) is 4.31 Å². The molecular formula is C23H24ClNO3S. The van der Waals surface area contributed by atoms with Gasteiger partial charge in [-0.2, -0.15) is 0 Å². The van der Waals surface area contributed by atoms with E-state index in [2.05, 4.69) is 0 Å². The van der Waals surface area contributed by atoms with Crippen molar-refractivity contribution in [3.63, 3.8) is 0 Å². The lowest BCUT2D eigenvalue weighted by atomic mass is 10.2. The van der Waals surface area contributed by atoms with Crippen LogP contribution in [0, 0.1) is 6.92 Å². The summed E-state index contributed by atoms with van der Waals surface area (Å²) >= 11 is 6.22. The average molecular weight is 430 g/mol. The van der Waals surface area contributed by atoms with E-state index in [1.54, 1.807) is 48.5 Å². The van der Waals surface area contributed by atoms with Crippen LogP contribution in [0.5, 0.6) is 5.75 Å². The van der Waals surface area contributed by atoms with Gasteiger partial charge < -0.3 is 4.74 Å². The molecule has 0 aliphatic carbocycles. The monoisotopic (exact) mass is 429 g/mol. The quantitative estimate of drug-likeness (QED) is 0.474. The minimum absolute atomic E-state index is 0.221. The maximum atomic E-state index is 13.4. The number of ether oxygens (including phenoxy) is 1. The van der Waals surface area contributed by atoms with Crippen molar-refractivity contribution >= 4 is 27.3 Å². The fourth-order valence-corrected chi connectivity index (χ4v) is 4.87.